The monoisotopic (exact) mass is 314 g/mol. The molecule has 4 nitrogen and oxygen atoms in total. The standard InChI is InChI=1S/C14H22N2O2S2/c1-9-7-11(15)8-14(10(9)2)20(17,18)16-12-5-4-6-13(12)19-3/h7-8,12-13,16H,4-6,15H2,1-3H3. The van der Waals surface area contributed by atoms with Crippen molar-refractivity contribution in [3.63, 3.8) is 0 Å². The minimum Gasteiger partial charge on any atom is -0.399 e. The number of nitrogens with two attached hydrogens (primary N) is 1. The second-order valence-corrected chi connectivity index (χ2v) is 8.15. The van der Waals surface area contributed by atoms with Crippen molar-refractivity contribution in [2.45, 2.75) is 49.3 Å². The van der Waals surface area contributed by atoms with Crippen LogP contribution >= 0.6 is 11.8 Å². The van der Waals surface area contributed by atoms with Gasteiger partial charge in [-0.1, -0.05) is 6.42 Å². The third-order valence-electron chi connectivity index (χ3n) is 3.99. The van der Waals surface area contributed by atoms with Crippen LogP contribution in [0.2, 0.25) is 0 Å². The Bertz CT molecular complexity index is 599. The Morgan fingerprint density at radius 1 is 1.30 bits per heavy atom. The molecular formula is C14H22N2O2S2. The summed E-state index contributed by atoms with van der Waals surface area (Å²) in [6.07, 6.45) is 5.09. The zero-order chi connectivity index (χ0) is 14.9. The highest BCUT2D eigenvalue weighted by Crippen LogP contribution is 2.30. The smallest absolute Gasteiger partial charge is 0.241 e. The van der Waals surface area contributed by atoms with E-state index >= 15 is 0 Å². The molecule has 2 unspecified atom stereocenters. The van der Waals surface area contributed by atoms with E-state index in [1.165, 1.54) is 0 Å². The lowest BCUT2D eigenvalue weighted by Crippen LogP contribution is -2.38. The highest BCUT2D eigenvalue weighted by atomic mass is 32.2. The lowest BCUT2D eigenvalue weighted by atomic mass is 10.1. The van der Waals surface area contributed by atoms with Gasteiger partial charge in [-0.25, -0.2) is 13.1 Å². The average Bonchev–Trinajstić information content (AvgIpc) is 2.80. The van der Waals surface area contributed by atoms with Crippen LogP contribution < -0.4 is 10.5 Å². The van der Waals surface area contributed by atoms with Crippen molar-refractivity contribution in [2.24, 2.45) is 0 Å². The predicted octanol–water partition coefficient (Wildman–Crippen LogP) is 2.45. The zero-order valence-corrected chi connectivity index (χ0v) is 13.8. The Morgan fingerprint density at radius 3 is 2.65 bits per heavy atom. The molecule has 3 N–H and O–H groups in total. The first-order valence-electron chi connectivity index (χ1n) is 6.77. The average molecular weight is 314 g/mol. The summed E-state index contributed by atoms with van der Waals surface area (Å²) in [5, 5.41) is 0.368. The van der Waals surface area contributed by atoms with Crippen LogP contribution in [0.25, 0.3) is 0 Å². The molecule has 0 aromatic heterocycles. The predicted molar refractivity (Wildman–Crippen MR) is 85.6 cm³/mol. The van der Waals surface area contributed by atoms with E-state index in [1.54, 1.807) is 23.9 Å². The molecule has 1 saturated carbocycles. The minimum atomic E-state index is -3.51. The number of nitrogens with one attached hydrogen (secondary N) is 1. The maximum absolute atomic E-state index is 12.6. The molecule has 0 heterocycles. The van der Waals surface area contributed by atoms with Crippen molar-refractivity contribution in [1.29, 1.82) is 0 Å². The van der Waals surface area contributed by atoms with E-state index in [2.05, 4.69) is 4.72 Å². The molecule has 20 heavy (non-hydrogen) atoms. The summed E-state index contributed by atoms with van der Waals surface area (Å²) >= 11 is 1.74. The second kappa shape index (κ2) is 5.95. The van der Waals surface area contributed by atoms with Gasteiger partial charge >= 0.3 is 0 Å². The van der Waals surface area contributed by atoms with Crippen molar-refractivity contribution in [2.75, 3.05) is 12.0 Å². The Kier molecular flexibility index (Phi) is 4.66. The van der Waals surface area contributed by atoms with Gasteiger partial charge in [-0.3, -0.25) is 0 Å². The van der Waals surface area contributed by atoms with Crippen molar-refractivity contribution in [1.82, 2.24) is 4.72 Å². The largest absolute Gasteiger partial charge is 0.399 e. The summed E-state index contributed by atoms with van der Waals surface area (Å²) < 4.78 is 28.1. The van der Waals surface area contributed by atoms with E-state index in [9.17, 15) is 8.42 Å². The SMILES string of the molecule is CSC1CCCC1NS(=O)(=O)c1cc(N)cc(C)c1C. The maximum Gasteiger partial charge on any atom is 0.241 e. The first-order valence-corrected chi connectivity index (χ1v) is 9.54. The molecule has 0 amide bonds. The molecule has 2 rings (SSSR count). The number of benzene rings is 1. The molecule has 0 aliphatic heterocycles. The molecule has 1 aromatic carbocycles. The van der Waals surface area contributed by atoms with Gasteiger partial charge in [0.15, 0.2) is 0 Å². The second-order valence-electron chi connectivity index (χ2n) is 5.39. The van der Waals surface area contributed by atoms with E-state index in [-0.39, 0.29) is 6.04 Å². The van der Waals surface area contributed by atoms with Crippen LogP contribution in [-0.2, 0) is 10.0 Å². The van der Waals surface area contributed by atoms with Crippen LogP contribution in [0.1, 0.15) is 30.4 Å². The number of hydrogen-bond acceptors (Lipinski definition) is 4. The quantitative estimate of drug-likeness (QED) is 0.837. The van der Waals surface area contributed by atoms with Crippen LogP contribution in [0.4, 0.5) is 5.69 Å². The summed E-state index contributed by atoms with van der Waals surface area (Å²) in [7, 11) is -3.51. The normalized spacial score (nSPS) is 23.1. The van der Waals surface area contributed by atoms with E-state index in [0.29, 0.717) is 15.8 Å². The van der Waals surface area contributed by atoms with Gasteiger partial charge in [-0.05, 0) is 56.2 Å². The molecule has 1 aromatic rings. The Morgan fingerprint density at radius 2 is 2.00 bits per heavy atom. The Balaban J connectivity index is 2.31. The molecule has 112 valence electrons. The number of nitrogen functional groups attached to an aromatic ring is 1. The van der Waals surface area contributed by atoms with E-state index < -0.39 is 10.0 Å². The topological polar surface area (TPSA) is 72.2 Å². The summed E-state index contributed by atoms with van der Waals surface area (Å²) in [5.74, 6) is 0. The van der Waals surface area contributed by atoms with Gasteiger partial charge in [0, 0.05) is 17.0 Å². The fourth-order valence-electron chi connectivity index (χ4n) is 2.74. The van der Waals surface area contributed by atoms with Crippen molar-refractivity contribution in [3.05, 3.63) is 23.3 Å². The van der Waals surface area contributed by atoms with E-state index in [1.807, 2.05) is 20.1 Å². The number of hydrogen-bond donors (Lipinski definition) is 2. The van der Waals surface area contributed by atoms with Crippen LogP contribution in [0.3, 0.4) is 0 Å². The number of sulfonamides is 1. The van der Waals surface area contributed by atoms with Gasteiger partial charge in [0.1, 0.15) is 0 Å². The first-order chi connectivity index (χ1) is 9.35. The van der Waals surface area contributed by atoms with Crippen LogP contribution in [0, 0.1) is 13.8 Å². The fourth-order valence-corrected chi connectivity index (χ4v) is 5.42. The number of anilines is 1. The lowest BCUT2D eigenvalue weighted by Gasteiger charge is -2.20. The molecule has 0 spiro atoms. The molecule has 6 heteroatoms. The molecule has 0 radical (unpaired) electrons. The van der Waals surface area contributed by atoms with Gasteiger partial charge in [-0.2, -0.15) is 11.8 Å². The molecule has 1 fully saturated rings. The number of aryl methyl sites for hydroxylation is 1. The van der Waals surface area contributed by atoms with Gasteiger partial charge in [0.05, 0.1) is 4.90 Å². The third kappa shape index (κ3) is 3.13. The molecule has 1 aliphatic rings. The van der Waals surface area contributed by atoms with Crippen molar-refractivity contribution in [3.8, 4) is 0 Å². The fraction of sp³-hybridized carbons (Fsp3) is 0.571. The minimum absolute atomic E-state index is 0.0242. The molecule has 0 saturated heterocycles. The van der Waals surface area contributed by atoms with Crippen LogP contribution in [-0.4, -0.2) is 26.0 Å². The lowest BCUT2D eigenvalue weighted by molar-refractivity contribution is 0.554. The number of rotatable bonds is 4. The van der Waals surface area contributed by atoms with E-state index in [0.717, 1.165) is 30.4 Å². The molecule has 0 bridgehead atoms. The summed E-state index contributed by atoms with van der Waals surface area (Å²) in [6, 6.07) is 3.37. The van der Waals surface area contributed by atoms with Crippen LogP contribution in [0.15, 0.2) is 17.0 Å². The Labute approximate surface area is 125 Å². The van der Waals surface area contributed by atoms with Gasteiger partial charge in [-0.15, -0.1) is 0 Å². The zero-order valence-electron chi connectivity index (χ0n) is 12.1. The Hall–Kier alpha value is -0.720. The van der Waals surface area contributed by atoms with Gasteiger partial charge in [0.2, 0.25) is 10.0 Å². The van der Waals surface area contributed by atoms with Gasteiger partial charge in [0.25, 0.3) is 0 Å². The highest BCUT2D eigenvalue weighted by molar-refractivity contribution is 7.99. The molecule has 1 aliphatic carbocycles. The molecular weight excluding hydrogens is 292 g/mol. The van der Waals surface area contributed by atoms with Gasteiger partial charge < -0.3 is 5.73 Å². The highest BCUT2D eigenvalue weighted by Gasteiger charge is 2.31. The van der Waals surface area contributed by atoms with E-state index in [4.69, 9.17) is 5.73 Å². The first kappa shape index (κ1) is 15.7. The van der Waals surface area contributed by atoms with Crippen LogP contribution in [0.5, 0.6) is 0 Å². The maximum atomic E-state index is 12.6. The number of thioether (sulfide) groups is 1. The summed E-state index contributed by atoms with van der Waals surface area (Å²) in [6.45, 7) is 3.70. The molecule has 2 atom stereocenters. The third-order valence-corrected chi connectivity index (χ3v) is 6.78. The van der Waals surface area contributed by atoms with Crippen molar-refractivity contribution >= 4 is 27.5 Å². The summed E-state index contributed by atoms with van der Waals surface area (Å²) in [4.78, 5) is 0.307. The summed E-state index contributed by atoms with van der Waals surface area (Å²) in [5.41, 5.74) is 7.95. The van der Waals surface area contributed by atoms with Crippen molar-refractivity contribution < 1.29 is 8.42 Å².